The second kappa shape index (κ2) is 18.4. The van der Waals surface area contributed by atoms with Crippen LogP contribution in [-0.4, -0.2) is 11.3 Å². The summed E-state index contributed by atoms with van der Waals surface area (Å²) in [6.07, 6.45) is 0. The number of anilines is 6. The highest BCUT2D eigenvalue weighted by atomic mass is 16.3. The van der Waals surface area contributed by atoms with Crippen molar-refractivity contribution in [3.05, 3.63) is 303 Å². The largest absolute Gasteiger partial charge is 0.455 e. The third-order valence-electron chi connectivity index (χ3n) is 19.7. The molecular formula is C84H50BN3O. The fraction of sp³-hybridized carbons (Fsp3) is 0. The van der Waals surface area contributed by atoms with Crippen molar-refractivity contribution in [2.75, 3.05) is 9.80 Å². The van der Waals surface area contributed by atoms with Gasteiger partial charge in [-0.3, -0.25) is 0 Å². The van der Waals surface area contributed by atoms with Crippen LogP contribution in [0, 0.1) is 0 Å². The fourth-order valence-corrected chi connectivity index (χ4v) is 15.9. The van der Waals surface area contributed by atoms with E-state index in [4.69, 9.17) is 4.42 Å². The predicted octanol–water partition coefficient (Wildman–Crippen LogP) is 21.0. The molecule has 0 bridgehead atoms. The minimum Gasteiger partial charge on any atom is -0.455 e. The zero-order chi connectivity index (χ0) is 58.0. The molecule has 2 aromatic heterocycles. The van der Waals surface area contributed by atoms with Crippen LogP contribution in [0.4, 0.5) is 34.1 Å². The molecule has 5 heteroatoms. The number of para-hydroxylation sites is 4. The highest BCUT2D eigenvalue weighted by molar-refractivity contribution is 7.00. The van der Waals surface area contributed by atoms with Crippen LogP contribution in [0.25, 0.3) is 136 Å². The third kappa shape index (κ3) is 6.90. The maximum atomic E-state index is 7.03. The molecule has 0 saturated heterocycles. The van der Waals surface area contributed by atoms with Crippen LogP contribution in [0.15, 0.2) is 308 Å². The van der Waals surface area contributed by atoms with E-state index in [2.05, 4.69) is 318 Å². The maximum absolute atomic E-state index is 7.03. The van der Waals surface area contributed by atoms with Gasteiger partial charge in [-0.1, -0.05) is 231 Å². The van der Waals surface area contributed by atoms with Gasteiger partial charge in [-0.2, -0.15) is 0 Å². The number of benzene rings is 16. The Labute approximate surface area is 512 Å². The lowest BCUT2D eigenvalue weighted by atomic mass is 9.33. The quantitative estimate of drug-likeness (QED) is 0.127. The van der Waals surface area contributed by atoms with Gasteiger partial charge in [0.05, 0.1) is 11.0 Å². The second-order valence-corrected chi connectivity index (χ2v) is 24.2. The Kier molecular flexibility index (Phi) is 10.1. The summed E-state index contributed by atoms with van der Waals surface area (Å²) in [6, 6.07) is 113. The number of hydrogen-bond donors (Lipinski definition) is 0. The molecular weight excluding hydrogens is 1080 g/mol. The summed E-state index contributed by atoms with van der Waals surface area (Å²) in [7, 11) is 0. The van der Waals surface area contributed by atoms with E-state index in [0.29, 0.717) is 0 Å². The van der Waals surface area contributed by atoms with Gasteiger partial charge in [0.15, 0.2) is 0 Å². The van der Waals surface area contributed by atoms with Crippen LogP contribution in [0.2, 0.25) is 0 Å². The van der Waals surface area contributed by atoms with Gasteiger partial charge in [-0.25, -0.2) is 0 Å². The Morgan fingerprint density at radius 3 is 1.28 bits per heavy atom. The Hall–Kier alpha value is -11.7. The molecule has 4 nitrogen and oxygen atoms in total. The van der Waals surface area contributed by atoms with E-state index < -0.39 is 0 Å². The smallest absolute Gasteiger partial charge is 0.252 e. The summed E-state index contributed by atoms with van der Waals surface area (Å²) < 4.78 is 9.50. The molecule has 0 spiro atoms. The Morgan fingerprint density at radius 2 is 0.708 bits per heavy atom. The summed E-state index contributed by atoms with van der Waals surface area (Å²) in [6.45, 7) is -0.181. The number of furan rings is 1. The molecule has 0 fully saturated rings. The summed E-state index contributed by atoms with van der Waals surface area (Å²) in [5.74, 6) is 0. The third-order valence-corrected chi connectivity index (χ3v) is 19.7. The van der Waals surface area contributed by atoms with Crippen molar-refractivity contribution in [2.24, 2.45) is 0 Å². The zero-order valence-corrected chi connectivity index (χ0v) is 48.2. The minimum atomic E-state index is -0.181. The molecule has 89 heavy (non-hydrogen) atoms. The normalized spacial score (nSPS) is 12.9. The van der Waals surface area contributed by atoms with Crippen molar-refractivity contribution in [3.63, 3.8) is 0 Å². The molecule has 0 aliphatic carbocycles. The molecule has 18 aromatic rings. The van der Waals surface area contributed by atoms with Gasteiger partial charge in [0.25, 0.3) is 6.71 Å². The van der Waals surface area contributed by atoms with Crippen molar-refractivity contribution in [3.8, 4) is 27.9 Å². The number of aromatic nitrogens is 1. The van der Waals surface area contributed by atoms with E-state index in [-0.39, 0.29) is 6.71 Å². The monoisotopic (exact) mass is 1130 g/mol. The van der Waals surface area contributed by atoms with Crippen molar-refractivity contribution < 1.29 is 4.42 Å². The highest BCUT2D eigenvalue weighted by Gasteiger charge is 2.44. The first-order valence-corrected chi connectivity index (χ1v) is 30.8. The summed E-state index contributed by atoms with van der Waals surface area (Å²) in [5.41, 5.74) is 20.1. The molecule has 2 aliphatic heterocycles. The van der Waals surface area contributed by atoms with E-state index in [1.165, 1.54) is 114 Å². The Bertz CT molecular complexity index is 5970. The van der Waals surface area contributed by atoms with Crippen molar-refractivity contribution in [1.29, 1.82) is 0 Å². The number of nitrogens with zero attached hydrogens (tertiary/aromatic N) is 3. The average molecular weight is 1130 g/mol. The summed E-state index contributed by atoms with van der Waals surface area (Å²) in [4.78, 5) is 5.19. The van der Waals surface area contributed by atoms with Crippen molar-refractivity contribution >= 4 is 166 Å². The molecule has 0 unspecified atom stereocenters. The summed E-state index contributed by atoms with van der Waals surface area (Å²) >= 11 is 0. The van der Waals surface area contributed by atoms with Gasteiger partial charge < -0.3 is 18.8 Å². The molecule has 20 rings (SSSR count). The fourth-order valence-electron chi connectivity index (χ4n) is 15.9. The van der Waals surface area contributed by atoms with Crippen LogP contribution < -0.4 is 26.2 Å². The second-order valence-electron chi connectivity index (χ2n) is 24.2. The van der Waals surface area contributed by atoms with Crippen LogP contribution in [-0.2, 0) is 0 Å². The van der Waals surface area contributed by atoms with Gasteiger partial charge in [-0.15, -0.1) is 0 Å². The molecule has 2 aliphatic rings. The predicted molar refractivity (Wildman–Crippen MR) is 378 cm³/mol. The van der Waals surface area contributed by atoms with Crippen LogP contribution >= 0.6 is 0 Å². The minimum absolute atomic E-state index is 0.181. The van der Waals surface area contributed by atoms with Gasteiger partial charge in [-0.05, 0) is 171 Å². The Morgan fingerprint density at radius 1 is 0.247 bits per heavy atom. The molecule has 0 saturated carbocycles. The van der Waals surface area contributed by atoms with Gasteiger partial charge in [0.2, 0.25) is 0 Å². The first-order valence-electron chi connectivity index (χ1n) is 30.8. The molecule has 0 N–H and O–H groups in total. The molecule has 410 valence electrons. The molecule has 0 amide bonds. The molecule has 4 heterocycles. The van der Waals surface area contributed by atoms with Crippen molar-refractivity contribution in [2.45, 2.75) is 0 Å². The lowest BCUT2D eigenvalue weighted by Gasteiger charge is -2.45. The van der Waals surface area contributed by atoms with Gasteiger partial charge in [0, 0.05) is 66.9 Å². The van der Waals surface area contributed by atoms with E-state index in [9.17, 15) is 0 Å². The topological polar surface area (TPSA) is 24.6 Å². The lowest BCUT2D eigenvalue weighted by molar-refractivity contribution is 0.670. The first kappa shape index (κ1) is 48.6. The number of fused-ring (bicyclic) bond motifs is 22. The maximum Gasteiger partial charge on any atom is 0.252 e. The van der Waals surface area contributed by atoms with E-state index in [1.807, 2.05) is 0 Å². The van der Waals surface area contributed by atoms with Crippen LogP contribution in [0.5, 0.6) is 0 Å². The molecule has 0 atom stereocenters. The van der Waals surface area contributed by atoms with Gasteiger partial charge >= 0.3 is 0 Å². The van der Waals surface area contributed by atoms with Gasteiger partial charge in [0.1, 0.15) is 11.2 Å². The van der Waals surface area contributed by atoms with E-state index in [0.717, 1.165) is 72.9 Å². The first-order chi connectivity index (χ1) is 44.2. The Balaban J connectivity index is 0.939. The van der Waals surface area contributed by atoms with E-state index in [1.54, 1.807) is 0 Å². The zero-order valence-electron chi connectivity index (χ0n) is 48.2. The number of hydrogen-bond acceptors (Lipinski definition) is 3. The molecule has 16 aromatic carbocycles. The summed E-state index contributed by atoms with van der Waals surface area (Å²) in [5, 5.41) is 19.6. The standard InChI is InChI=1S/C84H50BN3O/c1-2-19-51(20-3-1)52-37-44-78-75(45-52)85-74-43-40-56(86-76-34-15-12-29-68(76)69-30-13-16-35-77(69)86)50-79(74)88(55-39-42-67-63-26-7-5-22-59(63)61-24-9-11-28-65(61)73(67)49-55)81-47-53(57-32-18-33-71-70-31-14-17-36-82(70)89-84(57)71)46-80(83(81)85)87(78)54-38-41-66-62-25-6-4-21-58(62)60-23-8-10-27-64(60)72(66)48-54/h1-50H. The van der Waals surface area contributed by atoms with Crippen LogP contribution in [0.1, 0.15) is 0 Å². The highest BCUT2D eigenvalue weighted by Crippen LogP contribution is 2.51. The SMILES string of the molecule is c1ccc(-c2ccc3c(c2)B2c4ccc(-n5c6ccccc6c6ccccc65)cc4N(c4ccc5c6ccccc6c6ccccc6c5c4)c4cc(-c5cccc6c5oc5ccccc56)cc(c42)N3c2ccc3c4ccccc4c4ccccc4c3c2)cc1. The van der Waals surface area contributed by atoms with Crippen molar-refractivity contribution in [1.82, 2.24) is 4.57 Å². The average Bonchev–Trinajstić information content (AvgIpc) is 3.60. The molecule has 0 radical (unpaired) electrons. The number of rotatable bonds is 5. The lowest BCUT2D eigenvalue weighted by Crippen LogP contribution is -2.61. The van der Waals surface area contributed by atoms with Crippen LogP contribution in [0.3, 0.4) is 0 Å². The van der Waals surface area contributed by atoms with E-state index >= 15 is 0 Å².